The van der Waals surface area contributed by atoms with Crippen molar-refractivity contribution >= 4 is 34.7 Å². The Morgan fingerprint density at radius 3 is 2.70 bits per heavy atom. The summed E-state index contributed by atoms with van der Waals surface area (Å²) >= 11 is 6.03. The summed E-state index contributed by atoms with van der Waals surface area (Å²) in [6.07, 6.45) is 1.85. The molecule has 0 aliphatic carbocycles. The first-order valence-electron chi connectivity index (χ1n) is 8.06. The van der Waals surface area contributed by atoms with Gasteiger partial charge in [-0.3, -0.25) is 9.48 Å². The van der Waals surface area contributed by atoms with E-state index in [2.05, 4.69) is 20.7 Å². The standard InChI is InChI=1S/C18H19ClN6O2/c1-21-18(26)15-13(9-14(19)23-17(15)20)22-12-6-4-5-10(16(12)27-3)11-7-8-25(2)24-11/h4-9H,1-3H3,(H,21,26)(H3,20,22,23). The van der Waals surface area contributed by atoms with Crippen LogP contribution in [0.5, 0.6) is 5.75 Å². The summed E-state index contributed by atoms with van der Waals surface area (Å²) in [5.74, 6) is 0.230. The van der Waals surface area contributed by atoms with Crippen molar-refractivity contribution in [2.45, 2.75) is 0 Å². The second kappa shape index (κ2) is 7.55. The van der Waals surface area contributed by atoms with Gasteiger partial charge in [-0.2, -0.15) is 5.10 Å². The molecule has 1 aromatic carbocycles. The van der Waals surface area contributed by atoms with Gasteiger partial charge in [0, 0.05) is 25.9 Å². The monoisotopic (exact) mass is 386 g/mol. The fourth-order valence-electron chi connectivity index (χ4n) is 2.76. The number of nitrogens with one attached hydrogen (secondary N) is 2. The molecule has 0 fully saturated rings. The van der Waals surface area contributed by atoms with Crippen molar-refractivity contribution < 1.29 is 9.53 Å². The number of methoxy groups -OCH3 is 1. The number of benzene rings is 1. The zero-order valence-electron chi connectivity index (χ0n) is 15.1. The summed E-state index contributed by atoms with van der Waals surface area (Å²) in [5, 5.41) is 10.3. The average Bonchev–Trinajstić information content (AvgIpc) is 3.06. The molecule has 3 rings (SSSR count). The first kappa shape index (κ1) is 18.5. The molecule has 0 bridgehead atoms. The number of para-hydroxylation sites is 1. The topological polar surface area (TPSA) is 107 Å². The molecule has 0 saturated carbocycles. The number of carbonyl (C=O) groups excluding carboxylic acids is 1. The number of nitrogen functional groups attached to an aromatic ring is 1. The Labute approximate surface area is 161 Å². The smallest absolute Gasteiger partial charge is 0.256 e. The van der Waals surface area contributed by atoms with Crippen molar-refractivity contribution in [3.63, 3.8) is 0 Å². The van der Waals surface area contributed by atoms with E-state index in [0.29, 0.717) is 17.1 Å². The lowest BCUT2D eigenvalue weighted by atomic mass is 10.1. The van der Waals surface area contributed by atoms with E-state index in [9.17, 15) is 4.79 Å². The number of nitrogens with two attached hydrogens (primary N) is 1. The molecule has 9 heteroatoms. The number of carbonyl (C=O) groups is 1. The van der Waals surface area contributed by atoms with Crippen molar-refractivity contribution in [2.75, 3.05) is 25.2 Å². The second-order valence-electron chi connectivity index (χ2n) is 5.72. The van der Waals surface area contributed by atoms with E-state index in [4.69, 9.17) is 22.1 Å². The lowest BCUT2D eigenvalue weighted by molar-refractivity contribution is 0.0964. The van der Waals surface area contributed by atoms with Gasteiger partial charge in [-0.25, -0.2) is 4.98 Å². The molecule has 2 aromatic heterocycles. The highest BCUT2D eigenvalue weighted by Gasteiger charge is 2.19. The second-order valence-corrected chi connectivity index (χ2v) is 6.11. The first-order chi connectivity index (χ1) is 12.9. The highest BCUT2D eigenvalue weighted by atomic mass is 35.5. The van der Waals surface area contributed by atoms with Gasteiger partial charge in [-0.05, 0) is 24.3 Å². The van der Waals surface area contributed by atoms with Crippen LogP contribution in [0.4, 0.5) is 17.2 Å². The van der Waals surface area contributed by atoms with E-state index in [0.717, 1.165) is 11.3 Å². The van der Waals surface area contributed by atoms with Crippen LogP contribution < -0.4 is 21.1 Å². The predicted octanol–water partition coefficient (Wildman–Crippen LogP) is 2.83. The van der Waals surface area contributed by atoms with E-state index in [1.54, 1.807) is 11.8 Å². The van der Waals surface area contributed by atoms with Gasteiger partial charge in [-0.15, -0.1) is 0 Å². The molecule has 0 atom stereocenters. The third-order valence-corrected chi connectivity index (χ3v) is 4.14. The predicted molar refractivity (Wildman–Crippen MR) is 106 cm³/mol. The molecule has 8 nitrogen and oxygen atoms in total. The number of ether oxygens (including phenoxy) is 1. The molecule has 3 aromatic rings. The van der Waals surface area contributed by atoms with Gasteiger partial charge >= 0.3 is 0 Å². The SMILES string of the molecule is CNC(=O)c1c(Nc2cccc(-c3ccn(C)n3)c2OC)cc(Cl)nc1N. The Balaban J connectivity index is 2.10. The summed E-state index contributed by atoms with van der Waals surface area (Å²) < 4.78 is 7.32. The van der Waals surface area contributed by atoms with E-state index in [1.165, 1.54) is 13.1 Å². The van der Waals surface area contributed by atoms with Gasteiger partial charge in [0.05, 0.1) is 24.2 Å². The molecule has 0 radical (unpaired) electrons. The lowest BCUT2D eigenvalue weighted by Crippen LogP contribution is -2.21. The van der Waals surface area contributed by atoms with Gasteiger partial charge < -0.3 is 21.1 Å². The highest BCUT2D eigenvalue weighted by Crippen LogP contribution is 2.38. The molecular formula is C18H19ClN6O2. The molecule has 0 unspecified atom stereocenters. The fourth-order valence-corrected chi connectivity index (χ4v) is 2.96. The summed E-state index contributed by atoms with van der Waals surface area (Å²) in [5.41, 5.74) is 8.72. The largest absolute Gasteiger partial charge is 0.494 e. The van der Waals surface area contributed by atoms with Gasteiger partial charge in [-0.1, -0.05) is 17.7 Å². The third-order valence-electron chi connectivity index (χ3n) is 3.95. The molecule has 0 aliphatic heterocycles. The van der Waals surface area contributed by atoms with Crippen molar-refractivity contribution in [1.29, 1.82) is 0 Å². The lowest BCUT2D eigenvalue weighted by Gasteiger charge is -2.17. The molecule has 0 aliphatic rings. The number of hydrogen-bond donors (Lipinski definition) is 3. The van der Waals surface area contributed by atoms with Crippen LogP contribution in [0.2, 0.25) is 5.15 Å². The van der Waals surface area contributed by atoms with Crippen molar-refractivity contribution in [2.24, 2.45) is 7.05 Å². The zero-order valence-corrected chi connectivity index (χ0v) is 15.8. The van der Waals surface area contributed by atoms with Crippen molar-refractivity contribution in [3.05, 3.63) is 47.2 Å². The van der Waals surface area contributed by atoms with Gasteiger partial charge in [0.15, 0.2) is 5.75 Å². The Kier molecular flexibility index (Phi) is 5.18. The van der Waals surface area contributed by atoms with Crippen LogP contribution in [0.3, 0.4) is 0 Å². The van der Waals surface area contributed by atoms with Crippen LogP contribution >= 0.6 is 11.6 Å². The summed E-state index contributed by atoms with van der Waals surface area (Å²) in [6, 6.07) is 9.01. The minimum Gasteiger partial charge on any atom is -0.494 e. The van der Waals surface area contributed by atoms with Crippen molar-refractivity contribution in [1.82, 2.24) is 20.1 Å². The number of anilines is 3. The van der Waals surface area contributed by atoms with Gasteiger partial charge in [0.25, 0.3) is 5.91 Å². The molecule has 0 spiro atoms. The highest BCUT2D eigenvalue weighted by molar-refractivity contribution is 6.30. The number of aryl methyl sites for hydroxylation is 1. The molecule has 0 saturated heterocycles. The maximum Gasteiger partial charge on any atom is 0.256 e. The van der Waals surface area contributed by atoms with Gasteiger partial charge in [0.1, 0.15) is 16.5 Å². The minimum absolute atomic E-state index is 0.0317. The maximum absolute atomic E-state index is 12.2. The summed E-state index contributed by atoms with van der Waals surface area (Å²) in [6.45, 7) is 0. The molecule has 140 valence electrons. The third kappa shape index (κ3) is 3.65. The normalized spacial score (nSPS) is 10.5. The van der Waals surface area contributed by atoms with E-state index >= 15 is 0 Å². The van der Waals surface area contributed by atoms with Crippen LogP contribution in [0.25, 0.3) is 11.3 Å². The van der Waals surface area contributed by atoms with E-state index < -0.39 is 0 Å². The number of pyridine rings is 1. The number of rotatable bonds is 5. The maximum atomic E-state index is 12.2. The van der Waals surface area contributed by atoms with Crippen molar-refractivity contribution in [3.8, 4) is 17.0 Å². The van der Waals surface area contributed by atoms with E-state index in [1.807, 2.05) is 37.5 Å². The van der Waals surface area contributed by atoms with Crippen LogP contribution in [0.1, 0.15) is 10.4 Å². The van der Waals surface area contributed by atoms with Crippen LogP contribution in [-0.2, 0) is 7.05 Å². The molecule has 1 amide bonds. The average molecular weight is 387 g/mol. The first-order valence-corrected chi connectivity index (χ1v) is 8.44. The molecule has 4 N–H and O–H groups in total. The van der Waals surface area contributed by atoms with Crippen LogP contribution in [0.15, 0.2) is 36.5 Å². The summed E-state index contributed by atoms with van der Waals surface area (Å²) in [7, 11) is 4.93. The fraction of sp³-hybridized carbons (Fsp3) is 0.167. The quantitative estimate of drug-likeness (QED) is 0.582. The number of aromatic nitrogens is 3. The number of hydrogen-bond acceptors (Lipinski definition) is 6. The Morgan fingerprint density at radius 1 is 1.30 bits per heavy atom. The molecule has 2 heterocycles. The Bertz CT molecular complexity index is 1000. The van der Waals surface area contributed by atoms with E-state index in [-0.39, 0.29) is 22.4 Å². The number of halogens is 1. The minimum atomic E-state index is -0.376. The Morgan fingerprint density at radius 2 is 2.07 bits per heavy atom. The van der Waals surface area contributed by atoms with Crippen LogP contribution in [-0.4, -0.2) is 34.8 Å². The molecule has 27 heavy (non-hydrogen) atoms. The molecular weight excluding hydrogens is 368 g/mol. The number of amides is 1. The number of nitrogens with zero attached hydrogens (tertiary/aromatic N) is 3. The Hall–Kier alpha value is -3.26. The summed E-state index contributed by atoms with van der Waals surface area (Å²) in [4.78, 5) is 16.2. The van der Waals surface area contributed by atoms with Crippen LogP contribution in [0, 0.1) is 0 Å². The zero-order chi connectivity index (χ0) is 19.6. The van der Waals surface area contributed by atoms with Gasteiger partial charge in [0.2, 0.25) is 0 Å².